The summed E-state index contributed by atoms with van der Waals surface area (Å²) in [6.45, 7) is 6.13. The molecule has 0 fully saturated rings. The molecule has 0 saturated carbocycles. The minimum atomic E-state index is -0.147. The minimum absolute atomic E-state index is 0.147. The van der Waals surface area contributed by atoms with Crippen molar-refractivity contribution in [3.8, 4) is 5.75 Å². The maximum atomic E-state index is 6.36. The van der Waals surface area contributed by atoms with Crippen LogP contribution in [0, 0.1) is 0 Å². The fourth-order valence-corrected chi connectivity index (χ4v) is 2.29. The van der Waals surface area contributed by atoms with Crippen LogP contribution in [0.5, 0.6) is 5.75 Å². The van der Waals surface area contributed by atoms with E-state index in [1.54, 1.807) is 0 Å². The highest BCUT2D eigenvalue weighted by Gasteiger charge is 2.15. The number of hydrogen-bond acceptors (Lipinski definition) is 3. The summed E-state index contributed by atoms with van der Waals surface area (Å²) in [6, 6.07) is 7.84. The number of ether oxygens (including phenoxy) is 1. The van der Waals surface area contributed by atoms with Gasteiger partial charge in [-0.1, -0.05) is 19.1 Å². The van der Waals surface area contributed by atoms with Crippen molar-refractivity contribution in [2.24, 2.45) is 12.8 Å². The van der Waals surface area contributed by atoms with Crippen LogP contribution in [0.1, 0.15) is 43.6 Å². The second-order valence-corrected chi connectivity index (χ2v) is 5.27. The Bertz CT molecular complexity index is 558. The zero-order valence-corrected chi connectivity index (χ0v) is 12.6. The maximum Gasteiger partial charge on any atom is 0.119 e. The topological polar surface area (TPSA) is 53.1 Å². The highest BCUT2D eigenvalue weighted by molar-refractivity contribution is 5.36. The Kier molecular flexibility index (Phi) is 4.45. The Morgan fingerprint density at radius 2 is 1.90 bits per heavy atom. The van der Waals surface area contributed by atoms with Gasteiger partial charge in [-0.15, -0.1) is 0 Å². The summed E-state index contributed by atoms with van der Waals surface area (Å²) in [7, 11) is 1.93. The van der Waals surface area contributed by atoms with Gasteiger partial charge in [-0.3, -0.25) is 4.68 Å². The number of rotatable bonds is 5. The molecule has 0 aliphatic rings. The van der Waals surface area contributed by atoms with Crippen LogP contribution in [0.2, 0.25) is 0 Å². The molecule has 0 saturated heterocycles. The first-order valence-corrected chi connectivity index (χ1v) is 7.05. The molecule has 0 aliphatic heterocycles. The van der Waals surface area contributed by atoms with Crippen molar-refractivity contribution in [3.63, 3.8) is 0 Å². The molecule has 0 aliphatic carbocycles. The van der Waals surface area contributed by atoms with E-state index in [4.69, 9.17) is 10.5 Å². The van der Waals surface area contributed by atoms with Crippen LogP contribution in [0.15, 0.2) is 30.5 Å². The molecule has 0 radical (unpaired) electrons. The van der Waals surface area contributed by atoms with Crippen molar-refractivity contribution in [1.29, 1.82) is 0 Å². The number of nitrogens with zero attached hydrogens (tertiary/aromatic N) is 2. The summed E-state index contributed by atoms with van der Waals surface area (Å²) in [5.74, 6) is 0.873. The maximum absolute atomic E-state index is 6.36. The van der Waals surface area contributed by atoms with E-state index in [0.717, 1.165) is 29.0 Å². The molecule has 4 heteroatoms. The lowest BCUT2D eigenvalue weighted by Gasteiger charge is -2.14. The van der Waals surface area contributed by atoms with Gasteiger partial charge in [-0.2, -0.15) is 5.10 Å². The zero-order valence-electron chi connectivity index (χ0n) is 12.6. The van der Waals surface area contributed by atoms with E-state index in [9.17, 15) is 0 Å². The third-order valence-electron chi connectivity index (χ3n) is 3.22. The summed E-state index contributed by atoms with van der Waals surface area (Å²) >= 11 is 0. The van der Waals surface area contributed by atoms with Crippen LogP contribution in [0.25, 0.3) is 0 Å². The first-order chi connectivity index (χ1) is 9.51. The second-order valence-electron chi connectivity index (χ2n) is 5.27. The van der Waals surface area contributed by atoms with Crippen LogP contribution in [0.3, 0.4) is 0 Å². The van der Waals surface area contributed by atoms with Gasteiger partial charge in [-0.05, 0) is 38.0 Å². The predicted octanol–water partition coefficient (Wildman–Crippen LogP) is 2.82. The van der Waals surface area contributed by atoms with Gasteiger partial charge in [-0.25, -0.2) is 0 Å². The Labute approximate surface area is 120 Å². The molecule has 0 spiro atoms. The van der Waals surface area contributed by atoms with Gasteiger partial charge in [0.25, 0.3) is 0 Å². The van der Waals surface area contributed by atoms with E-state index in [1.807, 2.05) is 56.0 Å². The summed E-state index contributed by atoms with van der Waals surface area (Å²) in [5, 5.41) is 4.44. The molecule has 1 aromatic carbocycles. The Morgan fingerprint density at radius 3 is 2.45 bits per heavy atom. The summed E-state index contributed by atoms with van der Waals surface area (Å²) in [4.78, 5) is 0. The first-order valence-electron chi connectivity index (χ1n) is 7.05. The highest BCUT2D eigenvalue weighted by atomic mass is 16.5. The number of aromatic nitrogens is 2. The molecule has 0 bridgehead atoms. The Hall–Kier alpha value is -1.81. The van der Waals surface area contributed by atoms with E-state index in [0.29, 0.717) is 0 Å². The largest absolute Gasteiger partial charge is 0.491 e. The van der Waals surface area contributed by atoms with Crippen LogP contribution < -0.4 is 10.5 Å². The van der Waals surface area contributed by atoms with Gasteiger partial charge in [0.2, 0.25) is 0 Å². The van der Waals surface area contributed by atoms with Gasteiger partial charge in [0.1, 0.15) is 5.75 Å². The van der Waals surface area contributed by atoms with Crippen molar-refractivity contribution in [2.45, 2.75) is 39.3 Å². The average Bonchev–Trinajstić information content (AvgIpc) is 2.79. The molecule has 1 unspecified atom stereocenters. The normalized spacial score (nSPS) is 12.7. The van der Waals surface area contributed by atoms with Gasteiger partial charge >= 0.3 is 0 Å². The monoisotopic (exact) mass is 273 g/mol. The molecule has 0 amide bonds. The standard InChI is InChI=1S/C16H23N3O/c1-5-15-14(10-19(4)18-15)16(17)12-6-8-13(9-7-12)20-11(2)3/h6-11,16H,5,17H2,1-4H3. The summed E-state index contributed by atoms with van der Waals surface area (Å²) < 4.78 is 7.47. The molecular formula is C16H23N3O. The van der Waals surface area contributed by atoms with Gasteiger partial charge < -0.3 is 10.5 Å². The number of hydrogen-bond donors (Lipinski definition) is 1. The van der Waals surface area contributed by atoms with Crippen molar-refractivity contribution in [1.82, 2.24) is 9.78 Å². The lowest BCUT2D eigenvalue weighted by molar-refractivity contribution is 0.242. The average molecular weight is 273 g/mol. The molecule has 108 valence electrons. The SMILES string of the molecule is CCc1nn(C)cc1C(N)c1ccc(OC(C)C)cc1. The molecular weight excluding hydrogens is 250 g/mol. The van der Waals surface area contributed by atoms with Gasteiger partial charge in [0.05, 0.1) is 17.8 Å². The summed E-state index contributed by atoms with van der Waals surface area (Å²) in [5.41, 5.74) is 9.58. The molecule has 2 N–H and O–H groups in total. The molecule has 4 nitrogen and oxygen atoms in total. The second kappa shape index (κ2) is 6.09. The van der Waals surface area contributed by atoms with Crippen LogP contribution in [-0.2, 0) is 13.5 Å². The molecule has 2 aromatic rings. The molecule has 20 heavy (non-hydrogen) atoms. The third kappa shape index (κ3) is 3.20. The summed E-state index contributed by atoms with van der Waals surface area (Å²) in [6.07, 6.45) is 3.07. The first kappa shape index (κ1) is 14.6. The van der Waals surface area contributed by atoms with Crippen molar-refractivity contribution in [3.05, 3.63) is 47.3 Å². The third-order valence-corrected chi connectivity index (χ3v) is 3.22. The number of benzene rings is 1. The van der Waals surface area contributed by atoms with Crippen LogP contribution in [-0.4, -0.2) is 15.9 Å². The highest BCUT2D eigenvalue weighted by Crippen LogP contribution is 2.24. The van der Waals surface area contributed by atoms with Crippen molar-refractivity contribution >= 4 is 0 Å². The zero-order chi connectivity index (χ0) is 14.7. The fourth-order valence-electron chi connectivity index (χ4n) is 2.29. The molecule has 1 aromatic heterocycles. The van der Waals surface area contributed by atoms with E-state index >= 15 is 0 Å². The molecule has 1 atom stereocenters. The van der Waals surface area contributed by atoms with Crippen molar-refractivity contribution in [2.75, 3.05) is 0 Å². The Balaban J connectivity index is 2.22. The number of aryl methyl sites for hydroxylation is 2. The number of nitrogens with two attached hydrogens (primary N) is 1. The lowest BCUT2D eigenvalue weighted by Crippen LogP contribution is -2.13. The Morgan fingerprint density at radius 1 is 1.25 bits per heavy atom. The van der Waals surface area contributed by atoms with Gasteiger partial charge in [0.15, 0.2) is 0 Å². The van der Waals surface area contributed by atoms with E-state index in [-0.39, 0.29) is 12.1 Å². The van der Waals surface area contributed by atoms with Gasteiger partial charge in [0, 0.05) is 18.8 Å². The molecule has 1 heterocycles. The van der Waals surface area contributed by atoms with Crippen molar-refractivity contribution < 1.29 is 4.74 Å². The quantitative estimate of drug-likeness (QED) is 0.911. The minimum Gasteiger partial charge on any atom is -0.491 e. The van der Waals surface area contributed by atoms with E-state index in [2.05, 4.69) is 12.0 Å². The smallest absolute Gasteiger partial charge is 0.119 e. The van der Waals surface area contributed by atoms with Crippen LogP contribution >= 0.6 is 0 Å². The fraction of sp³-hybridized carbons (Fsp3) is 0.438. The van der Waals surface area contributed by atoms with E-state index < -0.39 is 0 Å². The lowest BCUT2D eigenvalue weighted by atomic mass is 9.99. The van der Waals surface area contributed by atoms with E-state index in [1.165, 1.54) is 0 Å². The molecule has 2 rings (SSSR count). The predicted molar refractivity (Wildman–Crippen MR) is 80.8 cm³/mol. The van der Waals surface area contributed by atoms with Crippen LogP contribution in [0.4, 0.5) is 0 Å².